The van der Waals surface area contributed by atoms with Gasteiger partial charge in [0.2, 0.25) is 0 Å². The standard InChI is InChI=1S/C26H23ClN2O3/c27-21-13-11-20(12-14-21)24(19-9-7-18(17-28)8-10-19)29-25(31)22-5-1-2-6-23(22)26(29)32-16-4-3-15-30/h1-2,5-14,24,26,30H,3-4,15-16H2. The van der Waals surface area contributed by atoms with Crippen molar-refractivity contribution in [2.75, 3.05) is 13.2 Å². The van der Waals surface area contributed by atoms with Gasteiger partial charge in [0.1, 0.15) is 0 Å². The summed E-state index contributed by atoms with van der Waals surface area (Å²) in [6.07, 6.45) is 0.770. The number of unbranched alkanes of at least 4 members (excludes halogenated alkanes) is 1. The van der Waals surface area contributed by atoms with Gasteiger partial charge in [-0.25, -0.2) is 0 Å². The second-order valence-corrected chi connectivity index (χ2v) is 8.08. The number of nitriles is 1. The van der Waals surface area contributed by atoms with Crippen LogP contribution in [0.25, 0.3) is 0 Å². The third-order valence-corrected chi connectivity index (χ3v) is 5.84. The fraction of sp³-hybridized carbons (Fsp3) is 0.231. The smallest absolute Gasteiger partial charge is 0.257 e. The number of carbonyl (C=O) groups is 1. The summed E-state index contributed by atoms with van der Waals surface area (Å²) in [6, 6.07) is 23.9. The summed E-state index contributed by atoms with van der Waals surface area (Å²) in [7, 11) is 0. The maximum Gasteiger partial charge on any atom is 0.257 e. The molecule has 5 nitrogen and oxygen atoms in total. The zero-order chi connectivity index (χ0) is 22.5. The molecular weight excluding hydrogens is 424 g/mol. The van der Waals surface area contributed by atoms with Crippen molar-refractivity contribution in [1.29, 1.82) is 5.26 Å². The van der Waals surface area contributed by atoms with Crippen LogP contribution in [0.15, 0.2) is 72.8 Å². The largest absolute Gasteiger partial charge is 0.396 e. The molecule has 0 spiro atoms. The van der Waals surface area contributed by atoms with Gasteiger partial charge in [-0.15, -0.1) is 0 Å². The van der Waals surface area contributed by atoms with Crippen molar-refractivity contribution >= 4 is 17.5 Å². The number of hydrogen-bond donors (Lipinski definition) is 1. The third-order valence-electron chi connectivity index (χ3n) is 5.59. The van der Waals surface area contributed by atoms with E-state index in [1.54, 1.807) is 29.2 Å². The van der Waals surface area contributed by atoms with Crippen molar-refractivity contribution in [3.63, 3.8) is 0 Å². The molecular formula is C26H23ClN2O3. The lowest BCUT2D eigenvalue weighted by atomic mass is 9.96. The molecule has 0 bridgehead atoms. The molecule has 0 fully saturated rings. The molecule has 0 radical (unpaired) electrons. The van der Waals surface area contributed by atoms with Crippen LogP contribution in [0.1, 0.15) is 57.7 Å². The number of nitrogens with zero attached hydrogens (tertiary/aromatic N) is 2. The van der Waals surface area contributed by atoms with Crippen LogP contribution in [-0.2, 0) is 4.74 Å². The van der Waals surface area contributed by atoms with E-state index >= 15 is 0 Å². The molecule has 1 aliphatic rings. The monoisotopic (exact) mass is 446 g/mol. The number of benzene rings is 3. The van der Waals surface area contributed by atoms with Crippen LogP contribution in [-0.4, -0.2) is 29.1 Å². The Kier molecular flexibility index (Phi) is 6.87. The Bertz CT molecular complexity index is 1120. The van der Waals surface area contributed by atoms with Gasteiger partial charge < -0.3 is 9.84 Å². The van der Waals surface area contributed by atoms with Crippen LogP contribution >= 0.6 is 11.6 Å². The van der Waals surface area contributed by atoms with E-state index in [4.69, 9.17) is 21.4 Å². The molecule has 4 rings (SSSR count). The van der Waals surface area contributed by atoms with Gasteiger partial charge in [0.15, 0.2) is 6.23 Å². The molecule has 6 heteroatoms. The molecule has 32 heavy (non-hydrogen) atoms. The number of aliphatic hydroxyl groups is 1. The first-order chi connectivity index (χ1) is 15.6. The zero-order valence-electron chi connectivity index (χ0n) is 17.4. The van der Waals surface area contributed by atoms with Crippen LogP contribution in [0.4, 0.5) is 0 Å². The Labute approximate surface area is 192 Å². The van der Waals surface area contributed by atoms with E-state index in [2.05, 4.69) is 6.07 Å². The molecule has 162 valence electrons. The highest BCUT2D eigenvalue weighted by Crippen LogP contribution is 2.43. The lowest BCUT2D eigenvalue weighted by Gasteiger charge is -2.34. The summed E-state index contributed by atoms with van der Waals surface area (Å²) in [4.78, 5) is 15.4. The van der Waals surface area contributed by atoms with E-state index in [-0.39, 0.29) is 12.5 Å². The number of carbonyl (C=O) groups excluding carboxylic acids is 1. The van der Waals surface area contributed by atoms with Crippen LogP contribution in [0.5, 0.6) is 0 Å². The Morgan fingerprint density at radius 3 is 2.31 bits per heavy atom. The van der Waals surface area contributed by atoms with Crippen molar-refractivity contribution in [3.8, 4) is 6.07 Å². The highest BCUT2D eigenvalue weighted by molar-refractivity contribution is 6.30. The summed E-state index contributed by atoms with van der Waals surface area (Å²) in [5.41, 5.74) is 3.76. The minimum absolute atomic E-state index is 0.103. The summed E-state index contributed by atoms with van der Waals surface area (Å²) < 4.78 is 6.22. The van der Waals surface area contributed by atoms with Crippen LogP contribution in [0.2, 0.25) is 5.02 Å². The van der Waals surface area contributed by atoms with Crippen molar-refractivity contribution < 1.29 is 14.6 Å². The Hall–Kier alpha value is -3.17. The average Bonchev–Trinajstić information content (AvgIpc) is 3.10. The maximum absolute atomic E-state index is 13.6. The topological polar surface area (TPSA) is 73.6 Å². The van der Waals surface area contributed by atoms with Gasteiger partial charge in [-0.05, 0) is 54.3 Å². The van der Waals surface area contributed by atoms with Crippen LogP contribution in [0, 0.1) is 11.3 Å². The minimum atomic E-state index is -0.561. The molecule has 0 saturated carbocycles. The quantitative estimate of drug-likeness (QED) is 0.480. The normalized spacial score (nSPS) is 16.0. The first-order valence-electron chi connectivity index (χ1n) is 10.5. The lowest BCUT2D eigenvalue weighted by Crippen LogP contribution is -2.34. The zero-order valence-corrected chi connectivity index (χ0v) is 18.2. The first-order valence-corrected chi connectivity index (χ1v) is 10.9. The summed E-state index contributed by atoms with van der Waals surface area (Å²) in [6.45, 7) is 0.524. The van der Waals surface area contributed by atoms with Gasteiger partial charge in [0.25, 0.3) is 5.91 Å². The van der Waals surface area contributed by atoms with Gasteiger partial charge in [-0.3, -0.25) is 9.69 Å². The van der Waals surface area contributed by atoms with Gasteiger partial charge in [-0.1, -0.05) is 54.1 Å². The number of amides is 1. The van der Waals surface area contributed by atoms with Crippen molar-refractivity contribution in [1.82, 2.24) is 4.90 Å². The molecule has 0 aromatic heterocycles. The molecule has 0 saturated heterocycles. The second kappa shape index (κ2) is 9.97. The van der Waals surface area contributed by atoms with E-state index in [1.165, 1.54) is 0 Å². The molecule has 1 heterocycles. The fourth-order valence-electron chi connectivity index (χ4n) is 4.03. The van der Waals surface area contributed by atoms with Gasteiger partial charge in [0.05, 0.1) is 17.7 Å². The molecule has 0 aliphatic carbocycles. The van der Waals surface area contributed by atoms with E-state index in [1.807, 2.05) is 48.5 Å². The molecule has 3 aromatic rings. The molecule has 2 unspecified atom stereocenters. The predicted molar refractivity (Wildman–Crippen MR) is 122 cm³/mol. The first kappa shape index (κ1) is 22.0. The summed E-state index contributed by atoms with van der Waals surface area (Å²) in [5, 5.41) is 18.9. The molecule has 1 aliphatic heterocycles. The van der Waals surface area contributed by atoms with E-state index in [0.717, 1.165) is 16.7 Å². The van der Waals surface area contributed by atoms with E-state index < -0.39 is 12.3 Å². The van der Waals surface area contributed by atoms with E-state index in [0.29, 0.717) is 35.6 Å². The SMILES string of the molecule is N#Cc1ccc(C(c2ccc(Cl)cc2)N2C(=O)c3ccccc3C2OCCCCO)cc1. The van der Waals surface area contributed by atoms with Gasteiger partial charge in [0, 0.05) is 29.4 Å². The molecule has 3 aromatic carbocycles. The fourth-order valence-corrected chi connectivity index (χ4v) is 4.16. The number of halogens is 1. The lowest BCUT2D eigenvalue weighted by molar-refractivity contribution is -0.0524. The Balaban J connectivity index is 1.79. The van der Waals surface area contributed by atoms with Gasteiger partial charge >= 0.3 is 0 Å². The number of ether oxygens (including phenoxy) is 1. The van der Waals surface area contributed by atoms with E-state index in [9.17, 15) is 10.1 Å². The number of rotatable bonds is 8. The van der Waals surface area contributed by atoms with Gasteiger partial charge in [-0.2, -0.15) is 5.26 Å². The molecule has 1 N–H and O–H groups in total. The third kappa shape index (κ3) is 4.39. The van der Waals surface area contributed by atoms with Crippen LogP contribution in [0.3, 0.4) is 0 Å². The number of aliphatic hydroxyl groups excluding tert-OH is 1. The van der Waals surface area contributed by atoms with Crippen molar-refractivity contribution in [3.05, 3.63) is 106 Å². The molecule has 2 atom stereocenters. The highest BCUT2D eigenvalue weighted by Gasteiger charge is 2.42. The minimum Gasteiger partial charge on any atom is -0.396 e. The Morgan fingerprint density at radius 1 is 1.00 bits per heavy atom. The maximum atomic E-state index is 13.6. The second-order valence-electron chi connectivity index (χ2n) is 7.64. The average molecular weight is 447 g/mol. The summed E-state index contributed by atoms with van der Waals surface area (Å²) in [5.74, 6) is -0.114. The predicted octanol–water partition coefficient (Wildman–Crippen LogP) is 5.24. The van der Waals surface area contributed by atoms with Crippen molar-refractivity contribution in [2.24, 2.45) is 0 Å². The Morgan fingerprint density at radius 2 is 1.66 bits per heavy atom. The molecule has 1 amide bonds. The number of hydrogen-bond acceptors (Lipinski definition) is 4. The van der Waals surface area contributed by atoms with Crippen LogP contribution < -0.4 is 0 Å². The number of fused-ring (bicyclic) bond motifs is 1. The van der Waals surface area contributed by atoms with Crippen molar-refractivity contribution in [2.45, 2.75) is 25.1 Å². The highest BCUT2D eigenvalue weighted by atomic mass is 35.5. The summed E-state index contributed by atoms with van der Waals surface area (Å²) >= 11 is 6.13.